The minimum Gasteiger partial charge on any atom is -0.495 e. The Morgan fingerprint density at radius 2 is 1.94 bits per heavy atom. The third kappa shape index (κ3) is 4.97. The van der Waals surface area contributed by atoms with E-state index in [0.29, 0.717) is 4.90 Å². The smallest absolute Gasteiger partial charge is 0.180 e. The number of piperidine rings is 1. The van der Waals surface area contributed by atoms with Crippen molar-refractivity contribution >= 4 is 15.7 Å². The van der Waals surface area contributed by atoms with Gasteiger partial charge in [0.25, 0.3) is 0 Å². The second-order valence-electron chi connectivity index (χ2n) is 9.66. The fourth-order valence-electron chi connectivity index (χ4n) is 5.09. The summed E-state index contributed by atoms with van der Waals surface area (Å²) >= 11 is 0. The second-order valence-corrected chi connectivity index (χ2v) is 11.7. The number of aryl methyl sites for hydroxylation is 2. The Kier molecular flexibility index (Phi) is 6.75. The summed E-state index contributed by atoms with van der Waals surface area (Å²) in [5.41, 5.74) is 4.05. The number of imidazole rings is 1. The third-order valence-electron chi connectivity index (χ3n) is 6.98. The normalized spacial score (nSPS) is 19.9. The maximum absolute atomic E-state index is 13.1. The molecular formula is C27H32N4O4S. The number of hydrogen-bond donors (Lipinski definition) is 0. The van der Waals surface area contributed by atoms with Gasteiger partial charge in [-0.1, -0.05) is 28.9 Å². The number of ether oxygens (including phenoxy) is 1. The second kappa shape index (κ2) is 9.97. The molecule has 1 saturated heterocycles. The van der Waals surface area contributed by atoms with Crippen LogP contribution in [0.2, 0.25) is 0 Å². The molecule has 0 spiro atoms. The van der Waals surface area contributed by atoms with Gasteiger partial charge in [-0.25, -0.2) is 13.4 Å². The summed E-state index contributed by atoms with van der Waals surface area (Å²) in [7, 11) is -1.77. The van der Waals surface area contributed by atoms with Crippen molar-refractivity contribution in [2.45, 2.75) is 44.0 Å². The topological polar surface area (TPSA) is 86.0 Å². The molecule has 190 valence electrons. The molecule has 36 heavy (non-hydrogen) atoms. The zero-order valence-corrected chi connectivity index (χ0v) is 21.7. The van der Waals surface area contributed by atoms with E-state index in [0.717, 1.165) is 59.9 Å². The predicted octanol–water partition coefficient (Wildman–Crippen LogP) is 3.94. The van der Waals surface area contributed by atoms with Crippen molar-refractivity contribution in [2.75, 3.05) is 26.0 Å². The first-order chi connectivity index (χ1) is 17.3. The summed E-state index contributed by atoms with van der Waals surface area (Å²) in [6.45, 7) is 4.96. The zero-order chi connectivity index (χ0) is 25.3. The lowest BCUT2D eigenvalue weighted by molar-refractivity contribution is 0.0559. The molecule has 1 fully saturated rings. The Bertz CT molecular complexity index is 1360. The van der Waals surface area contributed by atoms with Crippen LogP contribution >= 0.6 is 0 Å². The van der Waals surface area contributed by atoms with Gasteiger partial charge in [-0.15, -0.1) is 0 Å². The molecule has 2 aromatic carbocycles. The van der Waals surface area contributed by atoms with Crippen molar-refractivity contribution in [1.29, 1.82) is 0 Å². The van der Waals surface area contributed by atoms with Crippen molar-refractivity contribution in [3.63, 3.8) is 0 Å². The van der Waals surface area contributed by atoms with Crippen molar-refractivity contribution in [3.05, 3.63) is 71.8 Å². The Morgan fingerprint density at radius 3 is 2.67 bits per heavy atom. The molecule has 5 rings (SSSR count). The Balaban J connectivity index is 1.33. The highest BCUT2D eigenvalue weighted by Gasteiger charge is 2.37. The van der Waals surface area contributed by atoms with E-state index >= 15 is 0 Å². The minimum absolute atomic E-state index is 0.00857. The molecule has 0 saturated carbocycles. The fraction of sp³-hybridized carbons (Fsp3) is 0.407. The Hall–Kier alpha value is -3.33. The molecule has 1 aromatic heterocycles. The van der Waals surface area contributed by atoms with Crippen molar-refractivity contribution in [1.82, 2.24) is 14.5 Å². The molecule has 8 nitrogen and oxygen atoms in total. The standard InChI is InChI=1S/C27H32N4O4S/c1-19-6-9-24(10-7-19)36(32,33)17-23-16-35-29-27-22(5-4-12-31(23)27)13-21-8-11-25(26(14-21)34-3)30-15-20(2)28-18-30/h6-11,14-15,18,22-23H,4-5,12-13,16-17H2,1-3H3. The van der Waals surface area contributed by atoms with Crippen LogP contribution in [0.4, 0.5) is 0 Å². The maximum Gasteiger partial charge on any atom is 0.180 e. The molecule has 9 heteroatoms. The van der Waals surface area contributed by atoms with E-state index in [2.05, 4.69) is 27.2 Å². The molecule has 2 unspecified atom stereocenters. The lowest BCUT2D eigenvalue weighted by Gasteiger charge is -2.42. The Morgan fingerprint density at radius 1 is 1.14 bits per heavy atom. The molecule has 2 atom stereocenters. The van der Waals surface area contributed by atoms with Crippen LogP contribution in [-0.2, 0) is 21.1 Å². The average molecular weight is 509 g/mol. The lowest BCUT2D eigenvalue weighted by Crippen LogP contribution is -2.54. The SMILES string of the molecule is COc1cc(CC2CCCN3C2=NOCC3CS(=O)(=O)c2ccc(C)cc2)ccc1-n1cnc(C)c1. The van der Waals surface area contributed by atoms with Gasteiger partial charge in [0.15, 0.2) is 9.84 Å². The highest BCUT2D eigenvalue weighted by Crippen LogP contribution is 2.31. The van der Waals surface area contributed by atoms with Gasteiger partial charge in [-0.3, -0.25) is 0 Å². The van der Waals surface area contributed by atoms with E-state index in [1.54, 1.807) is 25.6 Å². The number of methoxy groups -OCH3 is 1. The number of sulfone groups is 1. The summed E-state index contributed by atoms with van der Waals surface area (Å²) in [4.78, 5) is 12.4. The monoisotopic (exact) mass is 508 g/mol. The van der Waals surface area contributed by atoms with Gasteiger partial charge in [0, 0.05) is 18.7 Å². The van der Waals surface area contributed by atoms with E-state index < -0.39 is 9.84 Å². The highest BCUT2D eigenvalue weighted by atomic mass is 32.2. The lowest BCUT2D eigenvalue weighted by atomic mass is 9.89. The predicted molar refractivity (Wildman–Crippen MR) is 138 cm³/mol. The number of fused-ring (bicyclic) bond motifs is 1. The molecule has 3 heterocycles. The first kappa shape index (κ1) is 24.4. The summed E-state index contributed by atoms with van der Waals surface area (Å²) in [6, 6.07) is 13.0. The zero-order valence-electron chi connectivity index (χ0n) is 20.9. The highest BCUT2D eigenvalue weighted by molar-refractivity contribution is 7.91. The molecule has 3 aromatic rings. The summed E-state index contributed by atoms with van der Waals surface area (Å²) in [5, 5.41) is 4.41. The van der Waals surface area contributed by atoms with Crippen molar-refractivity contribution in [3.8, 4) is 11.4 Å². The molecule has 0 radical (unpaired) electrons. The van der Waals surface area contributed by atoms with E-state index in [9.17, 15) is 8.42 Å². The van der Waals surface area contributed by atoms with Crippen LogP contribution in [0.5, 0.6) is 5.75 Å². The quantitative estimate of drug-likeness (QED) is 0.481. The summed E-state index contributed by atoms with van der Waals surface area (Å²) in [6.07, 6.45) is 6.48. The van der Waals surface area contributed by atoms with E-state index in [-0.39, 0.29) is 24.3 Å². The molecule has 2 aliphatic heterocycles. The van der Waals surface area contributed by atoms with Crippen LogP contribution in [0.3, 0.4) is 0 Å². The molecule has 0 amide bonds. The minimum atomic E-state index is -3.44. The third-order valence-corrected chi connectivity index (χ3v) is 8.80. The molecular weight excluding hydrogens is 476 g/mol. The van der Waals surface area contributed by atoms with Crippen molar-refractivity contribution in [2.24, 2.45) is 11.1 Å². The largest absolute Gasteiger partial charge is 0.495 e. The van der Waals surface area contributed by atoms with E-state index in [4.69, 9.17) is 9.57 Å². The summed E-state index contributed by atoms with van der Waals surface area (Å²) < 4.78 is 33.9. The van der Waals surface area contributed by atoms with Gasteiger partial charge in [-0.05, 0) is 62.9 Å². The van der Waals surface area contributed by atoms with Crippen LogP contribution in [0.1, 0.15) is 29.7 Å². The van der Waals surface area contributed by atoms with Gasteiger partial charge >= 0.3 is 0 Å². The number of nitrogens with zero attached hydrogens (tertiary/aromatic N) is 4. The first-order valence-corrected chi connectivity index (χ1v) is 13.9. The molecule has 0 N–H and O–H groups in total. The number of hydrogen-bond acceptors (Lipinski definition) is 7. The van der Waals surface area contributed by atoms with Gasteiger partial charge in [0.05, 0.1) is 41.5 Å². The molecule has 2 aliphatic rings. The van der Waals surface area contributed by atoms with E-state index in [1.807, 2.05) is 42.8 Å². The number of aromatic nitrogens is 2. The van der Waals surface area contributed by atoms with Crippen LogP contribution in [-0.4, -0.2) is 60.8 Å². The maximum atomic E-state index is 13.1. The van der Waals surface area contributed by atoms with E-state index in [1.165, 1.54) is 0 Å². The van der Waals surface area contributed by atoms with Gasteiger partial charge in [-0.2, -0.15) is 0 Å². The average Bonchev–Trinajstić information content (AvgIpc) is 3.30. The number of rotatable bonds is 7. The summed E-state index contributed by atoms with van der Waals surface area (Å²) in [5.74, 6) is 1.79. The Labute approximate surface area is 212 Å². The first-order valence-electron chi connectivity index (χ1n) is 12.3. The number of oxime groups is 1. The van der Waals surface area contributed by atoms with Crippen LogP contribution in [0.15, 0.2) is 65.0 Å². The van der Waals surface area contributed by atoms with Crippen LogP contribution in [0, 0.1) is 19.8 Å². The molecule has 0 aliphatic carbocycles. The van der Waals surface area contributed by atoms with Gasteiger partial charge in [0.1, 0.15) is 18.2 Å². The van der Waals surface area contributed by atoms with Gasteiger partial charge in [0.2, 0.25) is 0 Å². The van der Waals surface area contributed by atoms with Crippen LogP contribution < -0.4 is 4.74 Å². The van der Waals surface area contributed by atoms with Gasteiger partial charge < -0.3 is 19.0 Å². The van der Waals surface area contributed by atoms with Crippen molar-refractivity contribution < 1.29 is 18.0 Å². The van der Waals surface area contributed by atoms with Crippen LogP contribution in [0.25, 0.3) is 5.69 Å². The fourth-order valence-corrected chi connectivity index (χ4v) is 6.61. The number of benzene rings is 2. The number of amidine groups is 1. The molecule has 0 bridgehead atoms.